The fraction of sp³-hybridized carbons (Fsp3) is 0.797. The molecular weight excluding hydrogens is 985 g/mol. The molecule has 0 N–H and O–H groups in total. The molecule has 0 saturated carbocycles. The second-order valence-corrected chi connectivity index (χ2v) is 23.4. The van der Waals surface area contributed by atoms with Crippen LogP contribution in [0.15, 0.2) is 72.9 Å². The van der Waals surface area contributed by atoms with E-state index in [1.54, 1.807) is 0 Å². The van der Waals surface area contributed by atoms with Crippen LogP contribution in [-0.4, -0.2) is 37.2 Å². The molecule has 0 fully saturated rings. The predicted molar refractivity (Wildman–Crippen MR) is 348 cm³/mol. The number of rotatable bonds is 64. The highest BCUT2D eigenvalue weighted by Crippen LogP contribution is 2.18. The third kappa shape index (κ3) is 65.7. The lowest BCUT2D eigenvalue weighted by molar-refractivity contribution is -0.167. The van der Waals surface area contributed by atoms with Crippen LogP contribution in [-0.2, 0) is 28.6 Å². The van der Waals surface area contributed by atoms with Gasteiger partial charge in [-0.3, -0.25) is 14.4 Å². The zero-order valence-corrected chi connectivity index (χ0v) is 53.3. The summed E-state index contributed by atoms with van der Waals surface area (Å²) < 4.78 is 17.0. The molecule has 80 heavy (non-hydrogen) atoms. The third-order valence-corrected chi connectivity index (χ3v) is 15.4. The molecule has 0 heterocycles. The maximum Gasteiger partial charge on any atom is 0.306 e. The van der Waals surface area contributed by atoms with Gasteiger partial charge in [0.15, 0.2) is 6.10 Å². The lowest BCUT2D eigenvalue weighted by atomic mass is 10.0. The van der Waals surface area contributed by atoms with Crippen molar-refractivity contribution in [2.24, 2.45) is 0 Å². The average molecular weight is 1120 g/mol. The molecule has 0 saturated heterocycles. The minimum Gasteiger partial charge on any atom is -0.462 e. The van der Waals surface area contributed by atoms with Crippen LogP contribution < -0.4 is 0 Å². The Morgan fingerprint density at radius 3 is 0.787 bits per heavy atom. The number of esters is 3. The number of carbonyl (C=O) groups excluding carboxylic acids is 3. The van der Waals surface area contributed by atoms with Gasteiger partial charge in [-0.05, 0) is 89.9 Å². The van der Waals surface area contributed by atoms with Crippen molar-refractivity contribution in [3.63, 3.8) is 0 Å². The first-order chi connectivity index (χ1) is 39.5. The number of ether oxygens (including phenoxy) is 3. The molecule has 0 aliphatic carbocycles. The van der Waals surface area contributed by atoms with Crippen molar-refractivity contribution in [1.29, 1.82) is 0 Å². The van der Waals surface area contributed by atoms with E-state index in [2.05, 4.69) is 93.7 Å². The van der Waals surface area contributed by atoms with Crippen LogP contribution in [0.1, 0.15) is 361 Å². The Kier molecular flexibility index (Phi) is 65.7. The second kappa shape index (κ2) is 68.3. The molecule has 0 amide bonds. The molecule has 464 valence electrons. The summed E-state index contributed by atoms with van der Waals surface area (Å²) in [5.74, 6) is -0.859. The van der Waals surface area contributed by atoms with Crippen molar-refractivity contribution < 1.29 is 28.6 Å². The summed E-state index contributed by atoms with van der Waals surface area (Å²) in [5, 5.41) is 0. The Hall–Kier alpha value is -3.15. The van der Waals surface area contributed by atoms with Crippen LogP contribution >= 0.6 is 0 Å². The maximum atomic E-state index is 12.9. The molecule has 1 atom stereocenters. The van der Waals surface area contributed by atoms with E-state index in [1.165, 1.54) is 225 Å². The van der Waals surface area contributed by atoms with Crippen molar-refractivity contribution in [2.45, 2.75) is 367 Å². The zero-order valence-electron chi connectivity index (χ0n) is 53.3. The van der Waals surface area contributed by atoms with Gasteiger partial charge in [0, 0.05) is 19.3 Å². The van der Waals surface area contributed by atoms with E-state index in [9.17, 15) is 14.4 Å². The number of hydrogen-bond acceptors (Lipinski definition) is 6. The standard InChI is InChI=1S/C74H132O6/c1-4-7-10-13-16-19-22-25-27-29-30-31-32-33-34-35-36-37-38-39-40-41-42-43-44-46-47-49-52-55-58-61-64-67-73(76)79-70-71(69-78-72(75)66-63-60-57-54-51-24-21-18-15-12-9-6-3)80-74(77)68-65-62-59-56-53-50-48-45-28-26-23-20-17-14-11-8-5-2/h7,10,16-17,19-20,25-28,30-31,71H,4-6,8-9,11-15,18,21-24,29,32-70H2,1-3H3/b10-7-,19-16-,20-17-,27-25-,28-26-,31-30-. The van der Waals surface area contributed by atoms with Gasteiger partial charge in [-0.2, -0.15) is 0 Å². The molecule has 1 unspecified atom stereocenters. The maximum absolute atomic E-state index is 12.9. The molecule has 0 rings (SSSR count). The lowest BCUT2D eigenvalue weighted by Gasteiger charge is -2.18. The molecule has 6 nitrogen and oxygen atoms in total. The Morgan fingerprint density at radius 1 is 0.263 bits per heavy atom. The van der Waals surface area contributed by atoms with E-state index in [0.717, 1.165) is 96.3 Å². The van der Waals surface area contributed by atoms with Gasteiger partial charge in [0.1, 0.15) is 13.2 Å². The molecule has 0 radical (unpaired) electrons. The van der Waals surface area contributed by atoms with Gasteiger partial charge in [-0.1, -0.05) is 325 Å². The first kappa shape index (κ1) is 76.9. The van der Waals surface area contributed by atoms with E-state index < -0.39 is 6.10 Å². The van der Waals surface area contributed by atoms with Crippen molar-refractivity contribution >= 4 is 17.9 Å². The highest BCUT2D eigenvalue weighted by molar-refractivity contribution is 5.71. The summed E-state index contributed by atoms with van der Waals surface area (Å²) in [4.78, 5) is 38.3. The quantitative estimate of drug-likeness (QED) is 0.0261. The van der Waals surface area contributed by atoms with Crippen molar-refractivity contribution in [3.8, 4) is 0 Å². The summed E-state index contributed by atoms with van der Waals surface area (Å²) in [6.07, 6.45) is 89.4. The van der Waals surface area contributed by atoms with Gasteiger partial charge in [0.05, 0.1) is 0 Å². The highest BCUT2D eigenvalue weighted by Gasteiger charge is 2.19. The van der Waals surface area contributed by atoms with Crippen LogP contribution in [0.5, 0.6) is 0 Å². The largest absolute Gasteiger partial charge is 0.462 e. The summed E-state index contributed by atoms with van der Waals surface area (Å²) in [7, 11) is 0. The molecule has 0 bridgehead atoms. The number of hydrogen-bond donors (Lipinski definition) is 0. The van der Waals surface area contributed by atoms with Gasteiger partial charge < -0.3 is 14.2 Å². The fourth-order valence-electron chi connectivity index (χ4n) is 10.2. The summed E-state index contributed by atoms with van der Waals surface area (Å²) in [5.41, 5.74) is 0. The highest BCUT2D eigenvalue weighted by atomic mass is 16.6. The van der Waals surface area contributed by atoms with Gasteiger partial charge in [0.2, 0.25) is 0 Å². The van der Waals surface area contributed by atoms with E-state index >= 15 is 0 Å². The molecule has 0 aromatic carbocycles. The van der Waals surface area contributed by atoms with E-state index in [-0.39, 0.29) is 31.1 Å². The Bertz CT molecular complexity index is 1470. The van der Waals surface area contributed by atoms with Crippen LogP contribution in [0.25, 0.3) is 0 Å². The second-order valence-electron chi connectivity index (χ2n) is 23.4. The molecule has 0 aromatic heterocycles. The van der Waals surface area contributed by atoms with Crippen LogP contribution in [0.4, 0.5) is 0 Å². The summed E-state index contributed by atoms with van der Waals surface area (Å²) in [6, 6.07) is 0. The van der Waals surface area contributed by atoms with Crippen LogP contribution in [0.3, 0.4) is 0 Å². The Balaban J connectivity index is 4.12. The van der Waals surface area contributed by atoms with Gasteiger partial charge in [0.25, 0.3) is 0 Å². The van der Waals surface area contributed by atoms with Crippen molar-refractivity contribution in [1.82, 2.24) is 0 Å². The zero-order chi connectivity index (χ0) is 57.8. The lowest BCUT2D eigenvalue weighted by Crippen LogP contribution is -2.30. The Labute approximate surface area is 497 Å². The minimum absolute atomic E-state index is 0.0725. The van der Waals surface area contributed by atoms with E-state index in [0.29, 0.717) is 19.3 Å². The molecule has 0 spiro atoms. The van der Waals surface area contributed by atoms with Gasteiger partial charge >= 0.3 is 17.9 Å². The monoisotopic (exact) mass is 1120 g/mol. The smallest absolute Gasteiger partial charge is 0.306 e. The van der Waals surface area contributed by atoms with Gasteiger partial charge in [-0.15, -0.1) is 0 Å². The van der Waals surface area contributed by atoms with Crippen LogP contribution in [0.2, 0.25) is 0 Å². The minimum atomic E-state index is -0.776. The third-order valence-electron chi connectivity index (χ3n) is 15.4. The molecule has 6 heteroatoms. The SMILES string of the molecule is CC/C=C\C/C=C\C/C=C\C/C=C\CCCCCCCCCCCCCCCCCCCCCCC(=O)OCC(COC(=O)CCCCCCCCCCCCCC)OC(=O)CCCCCCCCC/C=C\C/C=C\CCCCC. The number of unbranched alkanes of at least 4 members (excludes halogenated alkanes) is 41. The van der Waals surface area contributed by atoms with Crippen LogP contribution in [0, 0.1) is 0 Å². The first-order valence-corrected chi connectivity index (χ1v) is 34.9. The van der Waals surface area contributed by atoms with Crippen molar-refractivity contribution in [2.75, 3.05) is 13.2 Å². The number of allylic oxidation sites excluding steroid dienone is 12. The number of carbonyl (C=O) groups is 3. The summed E-state index contributed by atoms with van der Waals surface area (Å²) in [6.45, 7) is 6.54. The average Bonchev–Trinajstić information content (AvgIpc) is 3.46. The molecule has 0 aromatic rings. The molecular formula is C74H132O6. The van der Waals surface area contributed by atoms with Gasteiger partial charge in [-0.25, -0.2) is 0 Å². The topological polar surface area (TPSA) is 78.9 Å². The van der Waals surface area contributed by atoms with Crippen molar-refractivity contribution in [3.05, 3.63) is 72.9 Å². The predicted octanol–water partition coefficient (Wildman–Crippen LogP) is 24.1. The molecule has 0 aliphatic rings. The fourth-order valence-corrected chi connectivity index (χ4v) is 10.2. The first-order valence-electron chi connectivity index (χ1n) is 34.9. The van der Waals surface area contributed by atoms with E-state index in [1.807, 2.05) is 0 Å². The van der Waals surface area contributed by atoms with E-state index in [4.69, 9.17) is 14.2 Å². The normalized spacial score (nSPS) is 12.5. The Morgan fingerprint density at radius 2 is 0.487 bits per heavy atom. The summed E-state index contributed by atoms with van der Waals surface area (Å²) >= 11 is 0. The molecule has 0 aliphatic heterocycles.